The van der Waals surface area contributed by atoms with Crippen LogP contribution in [0, 0.1) is 0 Å². The molecule has 2 aliphatic heterocycles. The molecule has 80 heavy (non-hydrogen) atoms. The van der Waals surface area contributed by atoms with Crippen LogP contribution in [0.4, 0.5) is 0 Å². The molecule has 2 saturated heterocycles. The lowest BCUT2D eigenvalue weighted by atomic mass is 9.96. The third-order valence-corrected chi connectivity index (χ3v) is 12.7. The van der Waals surface area contributed by atoms with Crippen molar-refractivity contribution in [2.45, 2.75) is 61.4 Å². The van der Waals surface area contributed by atoms with Gasteiger partial charge in [0.15, 0.2) is 49.2 Å². The Bertz CT molecular complexity index is 3190. The van der Waals surface area contributed by atoms with E-state index in [1.807, 2.05) is 0 Å². The number of esters is 7. The second-order valence-corrected chi connectivity index (χ2v) is 18.0. The second kappa shape index (κ2) is 26.8. The minimum Gasteiger partial charge on any atom is -0.459 e. The molecule has 0 radical (unpaired) electrons. The lowest BCUT2D eigenvalue weighted by Gasteiger charge is -2.46. The van der Waals surface area contributed by atoms with Gasteiger partial charge in [0.25, 0.3) is 0 Å². The highest BCUT2D eigenvalue weighted by Crippen LogP contribution is 2.35. The van der Waals surface area contributed by atoms with Gasteiger partial charge in [-0.15, -0.1) is 0 Å². The zero-order chi connectivity index (χ0) is 55.8. The highest BCUT2D eigenvalue weighted by Gasteiger charge is 2.56. The van der Waals surface area contributed by atoms with Gasteiger partial charge in [-0.3, -0.25) is 0 Å². The first kappa shape index (κ1) is 55.4. The van der Waals surface area contributed by atoms with Crippen LogP contribution in [-0.4, -0.2) is 124 Å². The van der Waals surface area contributed by atoms with Gasteiger partial charge >= 0.3 is 41.8 Å². The molecule has 10 atom stereocenters. The van der Waals surface area contributed by atoms with Crippen LogP contribution >= 0.6 is 0 Å². The number of benzene rings is 7. The lowest BCUT2D eigenvalue weighted by Crippen LogP contribution is -2.65. The van der Waals surface area contributed by atoms with Crippen LogP contribution in [0.5, 0.6) is 0 Å². The van der Waals surface area contributed by atoms with Gasteiger partial charge in [-0.1, -0.05) is 127 Å². The smallest absolute Gasteiger partial charge is 0.338 e. The predicted molar refractivity (Wildman–Crippen MR) is 281 cm³/mol. The molecule has 0 aromatic heterocycles. The van der Waals surface area contributed by atoms with E-state index in [9.17, 15) is 33.6 Å². The normalized spacial score (nSPS) is 22.3. The van der Waals surface area contributed by atoms with Crippen molar-refractivity contribution in [1.82, 2.24) is 0 Å². The minimum atomic E-state index is -1.86. The van der Waals surface area contributed by atoms with Crippen LogP contribution in [0.1, 0.15) is 72.5 Å². The average molecular weight is 1090 g/mol. The number of methoxy groups -OCH3 is 1. The molecular weight excluding hydrogens is 1030 g/mol. The summed E-state index contributed by atoms with van der Waals surface area (Å²) in [6, 6.07) is 55.1. The predicted octanol–water partition coefficient (Wildman–Crippen LogP) is 8.31. The molecule has 7 aromatic carbocycles. The van der Waals surface area contributed by atoms with Crippen molar-refractivity contribution in [3.8, 4) is 0 Å². The average Bonchev–Trinajstić information content (AvgIpc) is 3.71. The van der Waals surface area contributed by atoms with Crippen LogP contribution in [0.2, 0.25) is 0 Å². The Morgan fingerprint density at radius 3 is 0.838 bits per heavy atom. The van der Waals surface area contributed by atoms with E-state index in [1.54, 1.807) is 127 Å². The molecular formula is C62H52O18. The van der Waals surface area contributed by atoms with Crippen molar-refractivity contribution >= 4 is 41.8 Å². The van der Waals surface area contributed by atoms with Gasteiger partial charge in [0.05, 0.1) is 45.6 Å². The maximum Gasteiger partial charge on any atom is 0.338 e. The third-order valence-electron chi connectivity index (χ3n) is 12.7. The first-order valence-electron chi connectivity index (χ1n) is 25.3. The van der Waals surface area contributed by atoms with E-state index in [2.05, 4.69) is 0 Å². The Morgan fingerprint density at radius 2 is 0.537 bits per heavy atom. The quantitative estimate of drug-likeness (QED) is 0.0549. The molecule has 2 aliphatic rings. The molecule has 0 amide bonds. The van der Waals surface area contributed by atoms with Gasteiger partial charge in [0.1, 0.15) is 18.8 Å². The molecule has 9 rings (SSSR count). The fourth-order valence-electron chi connectivity index (χ4n) is 8.75. The molecule has 18 nitrogen and oxygen atoms in total. The number of hydrogen-bond donors (Lipinski definition) is 0. The highest BCUT2D eigenvalue weighted by atomic mass is 16.8. The molecule has 0 aliphatic carbocycles. The van der Waals surface area contributed by atoms with E-state index in [0.717, 1.165) is 0 Å². The van der Waals surface area contributed by atoms with Gasteiger partial charge in [0.2, 0.25) is 0 Å². The van der Waals surface area contributed by atoms with Crippen LogP contribution < -0.4 is 0 Å². The molecule has 2 heterocycles. The molecule has 0 N–H and O–H groups in total. The van der Waals surface area contributed by atoms with Gasteiger partial charge in [0, 0.05) is 7.11 Å². The van der Waals surface area contributed by atoms with Crippen LogP contribution in [0.25, 0.3) is 0 Å². The van der Waals surface area contributed by atoms with E-state index in [-0.39, 0.29) is 38.9 Å². The summed E-state index contributed by atoms with van der Waals surface area (Å²) in [7, 11) is 1.24. The molecule has 0 unspecified atom stereocenters. The molecule has 0 bridgehead atoms. The van der Waals surface area contributed by atoms with Crippen LogP contribution in [0.15, 0.2) is 212 Å². The van der Waals surface area contributed by atoms with Gasteiger partial charge < -0.3 is 52.1 Å². The number of hydrogen-bond acceptors (Lipinski definition) is 18. The molecule has 18 heteroatoms. The molecule has 2 fully saturated rings. The summed E-state index contributed by atoms with van der Waals surface area (Å²) in [6.07, 6.45) is -16.9. The van der Waals surface area contributed by atoms with Gasteiger partial charge in [-0.2, -0.15) is 0 Å². The first-order chi connectivity index (χ1) is 39.0. The zero-order valence-electron chi connectivity index (χ0n) is 42.7. The molecule has 0 spiro atoms. The number of rotatable bonds is 19. The lowest BCUT2D eigenvalue weighted by molar-refractivity contribution is -0.325. The van der Waals surface area contributed by atoms with E-state index >= 15 is 0 Å². The van der Waals surface area contributed by atoms with E-state index < -0.39 is 116 Å². The summed E-state index contributed by atoms with van der Waals surface area (Å²) < 4.78 is 68.3. The standard InChI is InChI=1S/C62H52O18/c1-70-61-52(79-59(68)44-33-19-7-20-34-44)50(77-57(66)42-29-15-5-16-30-42)49(76-56(65)41-27-13-4-14-28-41)47(73-61)38-72-62-53(80-60(69)45-35-21-8-22-36-45)51(78-58(67)43-31-17-6-18-32-43)48(75-55(64)40-25-11-3-12-26-40)46(74-62)37-71-54(63)39-23-9-2-10-24-39/h2-36,46-53,61-62H,37-38H2,1H3/t46-,47-,48-,49-,50+,51+,52-,53-,61-,62-/m1/s1. The van der Waals surface area contributed by atoms with Crippen molar-refractivity contribution < 1.29 is 85.7 Å². The SMILES string of the molecule is CO[C@@H]1O[C@H](CO[C@@H]2O[C@H](COC(=O)c3ccccc3)[C@@H](OC(=O)c3ccccc3)[C@H](OC(=O)c3ccccc3)[C@H]2OC(=O)c2ccccc2)[C@@H](OC(=O)c2ccccc2)[C@H](OC(=O)c2ccccc2)[C@H]1OC(=O)c1ccccc1. The largest absolute Gasteiger partial charge is 0.459 e. The third kappa shape index (κ3) is 13.9. The second-order valence-electron chi connectivity index (χ2n) is 18.0. The highest BCUT2D eigenvalue weighted by molar-refractivity contribution is 5.93. The summed E-state index contributed by atoms with van der Waals surface area (Å²) in [5.41, 5.74) is 0.591. The van der Waals surface area contributed by atoms with E-state index in [4.69, 9.17) is 52.1 Å². The minimum absolute atomic E-state index is 0.0433. The van der Waals surface area contributed by atoms with Crippen LogP contribution in [0.3, 0.4) is 0 Å². The van der Waals surface area contributed by atoms with Gasteiger partial charge in [-0.25, -0.2) is 33.6 Å². The zero-order valence-corrected chi connectivity index (χ0v) is 42.7. The maximum atomic E-state index is 14.3. The molecule has 0 saturated carbocycles. The summed E-state index contributed by atoms with van der Waals surface area (Å²) in [6.45, 7) is -1.40. The van der Waals surface area contributed by atoms with Crippen molar-refractivity contribution in [3.63, 3.8) is 0 Å². The van der Waals surface area contributed by atoms with Crippen molar-refractivity contribution in [3.05, 3.63) is 251 Å². The Hall–Kier alpha value is -9.33. The van der Waals surface area contributed by atoms with Crippen molar-refractivity contribution in [2.75, 3.05) is 20.3 Å². The number of carbonyl (C=O) groups excluding carboxylic acids is 7. The van der Waals surface area contributed by atoms with Gasteiger partial charge in [-0.05, 0) is 84.9 Å². The Morgan fingerprint density at radius 1 is 0.300 bits per heavy atom. The fraction of sp³-hybridized carbons (Fsp3) is 0.210. The van der Waals surface area contributed by atoms with Crippen molar-refractivity contribution in [2.24, 2.45) is 0 Å². The summed E-state index contributed by atoms with van der Waals surface area (Å²) in [4.78, 5) is 98.6. The summed E-state index contributed by atoms with van der Waals surface area (Å²) in [5, 5.41) is 0. The monoisotopic (exact) mass is 1080 g/mol. The van der Waals surface area contributed by atoms with E-state index in [1.165, 1.54) is 92.0 Å². The molecule has 7 aromatic rings. The Kier molecular flexibility index (Phi) is 18.6. The number of carbonyl (C=O) groups is 7. The summed E-state index contributed by atoms with van der Waals surface area (Å²) >= 11 is 0. The fourth-order valence-corrected chi connectivity index (χ4v) is 8.75. The van der Waals surface area contributed by atoms with Crippen molar-refractivity contribution in [1.29, 1.82) is 0 Å². The van der Waals surface area contributed by atoms with Crippen LogP contribution in [-0.2, 0) is 52.1 Å². The topological polar surface area (TPSA) is 221 Å². The number of ether oxygens (including phenoxy) is 11. The first-order valence-corrected chi connectivity index (χ1v) is 25.3. The summed E-state index contributed by atoms with van der Waals surface area (Å²) in [5.74, 6) is -6.36. The Balaban J connectivity index is 1.13. The van der Waals surface area contributed by atoms with E-state index in [0.29, 0.717) is 0 Å². The Labute approximate surface area is 458 Å². The maximum absolute atomic E-state index is 14.3. The molecule has 408 valence electrons.